The summed E-state index contributed by atoms with van der Waals surface area (Å²) in [5.74, 6) is 0. The van der Waals surface area contributed by atoms with Crippen LogP contribution in [-0.4, -0.2) is 12.0 Å². The molecule has 0 aliphatic rings. The fourth-order valence-electron chi connectivity index (χ4n) is 1.60. The van der Waals surface area contributed by atoms with Crippen LogP contribution in [-0.2, 0) is 12.7 Å². The van der Waals surface area contributed by atoms with Gasteiger partial charge in [-0.3, -0.25) is 0 Å². The molecule has 19 heavy (non-hydrogen) atoms. The topological polar surface area (TPSA) is 24.9 Å². The summed E-state index contributed by atoms with van der Waals surface area (Å²) in [6.07, 6.45) is -3.21. The van der Waals surface area contributed by atoms with Gasteiger partial charge in [0, 0.05) is 23.3 Å². The number of benzene rings is 1. The van der Waals surface area contributed by atoms with E-state index >= 15 is 0 Å². The molecule has 1 heterocycles. The molecule has 1 aromatic heterocycles. The van der Waals surface area contributed by atoms with E-state index in [9.17, 15) is 13.2 Å². The lowest BCUT2D eigenvalue weighted by atomic mass is 10.1. The molecule has 102 valence electrons. The van der Waals surface area contributed by atoms with Crippen molar-refractivity contribution in [2.24, 2.45) is 0 Å². The third-order valence-electron chi connectivity index (χ3n) is 2.43. The van der Waals surface area contributed by atoms with E-state index in [-0.39, 0.29) is 0 Å². The molecule has 0 atom stereocenters. The van der Waals surface area contributed by atoms with Gasteiger partial charge in [0.2, 0.25) is 0 Å². The summed E-state index contributed by atoms with van der Waals surface area (Å²) >= 11 is 6.68. The molecule has 0 bridgehead atoms. The molecule has 0 saturated heterocycles. The molecule has 2 aromatic rings. The van der Waals surface area contributed by atoms with E-state index in [4.69, 9.17) is 11.6 Å². The van der Waals surface area contributed by atoms with Crippen molar-refractivity contribution in [3.8, 4) is 10.4 Å². The Labute approximate surface area is 117 Å². The van der Waals surface area contributed by atoms with E-state index in [1.54, 1.807) is 19.2 Å². The first-order chi connectivity index (χ1) is 8.91. The van der Waals surface area contributed by atoms with Crippen molar-refractivity contribution in [3.05, 3.63) is 40.0 Å². The van der Waals surface area contributed by atoms with Crippen LogP contribution in [0.1, 0.15) is 10.6 Å². The van der Waals surface area contributed by atoms with Gasteiger partial charge in [0.1, 0.15) is 0 Å². The van der Waals surface area contributed by atoms with Crippen LogP contribution in [0, 0.1) is 0 Å². The zero-order valence-corrected chi connectivity index (χ0v) is 11.5. The van der Waals surface area contributed by atoms with Gasteiger partial charge in [-0.15, -0.1) is 11.3 Å². The van der Waals surface area contributed by atoms with Crippen molar-refractivity contribution in [1.82, 2.24) is 10.3 Å². The normalized spacial score (nSPS) is 11.8. The summed E-state index contributed by atoms with van der Waals surface area (Å²) < 4.78 is 37.5. The SMILES string of the molecule is CNCc1ccc(-c2cnc(C(F)(F)F)s2)c(Cl)c1. The Balaban J connectivity index is 2.34. The van der Waals surface area contributed by atoms with E-state index in [1.165, 1.54) is 6.20 Å². The Hall–Kier alpha value is -1.11. The second kappa shape index (κ2) is 5.48. The van der Waals surface area contributed by atoms with Crippen molar-refractivity contribution in [2.75, 3.05) is 7.05 Å². The summed E-state index contributed by atoms with van der Waals surface area (Å²) in [7, 11) is 1.81. The highest BCUT2D eigenvalue weighted by Crippen LogP contribution is 2.38. The average molecular weight is 307 g/mol. The van der Waals surface area contributed by atoms with Gasteiger partial charge in [-0.25, -0.2) is 4.98 Å². The molecule has 0 aliphatic carbocycles. The summed E-state index contributed by atoms with van der Waals surface area (Å²) in [5, 5.41) is 2.54. The second-order valence-corrected chi connectivity index (χ2v) is 5.31. The van der Waals surface area contributed by atoms with E-state index < -0.39 is 11.2 Å². The number of halogens is 4. The molecule has 0 amide bonds. The zero-order chi connectivity index (χ0) is 14.0. The van der Waals surface area contributed by atoms with Crippen molar-refractivity contribution in [2.45, 2.75) is 12.7 Å². The monoisotopic (exact) mass is 306 g/mol. The number of nitrogens with zero attached hydrogens (tertiary/aromatic N) is 1. The maximum atomic E-state index is 12.5. The summed E-state index contributed by atoms with van der Waals surface area (Å²) in [6.45, 7) is 0.649. The van der Waals surface area contributed by atoms with Crippen molar-refractivity contribution >= 4 is 22.9 Å². The van der Waals surface area contributed by atoms with Crippen molar-refractivity contribution in [1.29, 1.82) is 0 Å². The summed E-state index contributed by atoms with van der Waals surface area (Å²) in [6, 6.07) is 5.27. The second-order valence-electron chi connectivity index (χ2n) is 3.87. The predicted octanol–water partition coefficient (Wildman–Crippen LogP) is 4.20. The largest absolute Gasteiger partial charge is 0.443 e. The van der Waals surface area contributed by atoms with Crippen molar-refractivity contribution < 1.29 is 13.2 Å². The van der Waals surface area contributed by atoms with Gasteiger partial charge >= 0.3 is 6.18 Å². The first-order valence-electron chi connectivity index (χ1n) is 5.38. The van der Waals surface area contributed by atoms with E-state index in [1.807, 2.05) is 6.07 Å². The van der Waals surface area contributed by atoms with Gasteiger partial charge in [-0.1, -0.05) is 23.7 Å². The number of alkyl halides is 3. The Morgan fingerprint density at radius 2 is 2.11 bits per heavy atom. The first-order valence-corrected chi connectivity index (χ1v) is 6.57. The van der Waals surface area contributed by atoms with Crippen LogP contribution in [0.4, 0.5) is 13.2 Å². The lowest BCUT2D eigenvalue weighted by Gasteiger charge is -2.05. The van der Waals surface area contributed by atoms with Crippen LogP contribution in [0.5, 0.6) is 0 Å². The molecule has 2 nitrogen and oxygen atoms in total. The summed E-state index contributed by atoms with van der Waals surface area (Å²) in [5.41, 5.74) is 1.53. The lowest BCUT2D eigenvalue weighted by molar-refractivity contribution is -0.137. The number of hydrogen-bond acceptors (Lipinski definition) is 3. The smallest absolute Gasteiger partial charge is 0.316 e. The molecule has 7 heteroatoms. The highest BCUT2D eigenvalue weighted by Gasteiger charge is 2.34. The molecular formula is C12H10ClF3N2S. The molecular weight excluding hydrogens is 297 g/mol. The highest BCUT2D eigenvalue weighted by atomic mass is 35.5. The fourth-order valence-corrected chi connectivity index (χ4v) is 2.79. The minimum atomic E-state index is -4.42. The van der Waals surface area contributed by atoms with E-state index in [2.05, 4.69) is 10.3 Å². The summed E-state index contributed by atoms with van der Waals surface area (Å²) in [4.78, 5) is 3.80. The number of rotatable bonds is 3. The van der Waals surface area contributed by atoms with Gasteiger partial charge in [-0.2, -0.15) is 13.2 Å². The van der Waals surface area contributed by atoms with E-state index in [0.29, 0.717) is 33.3 Å². The van der Waals surface area contributed by atoms with Crippen LogP contribution in [0.3, 0.4) is 0 Å². The molecule has 0 spiro atoms. The van der Waals surface area contributed by atoms with Crippen LogP contribution >= 0.6 is 22.9 Å². The van der Waals surface area contributed by atoms with Gasteiger partial charge in [0.05, 0.1) is 4.88 Å². The average Bonchev–Trinajstić information content (AvgIpc) is 2.78. The molecule has 0 unspecified atom stereocenters. The molecule has 2 rings (SSSR count). The van der Waals surface area contributed by atoms with Gasteiger partial charge in [-0.05, 0) is 18.7 Å². The Kier molecular flexibility index (Phi) is 4.13. The van der Waals surface area contributed by atoms with Crippen LogP contribution < -0.4 is 5.32 Å². The predicted molar refractivity (Wildman–Crippen MR) is 70.3 cm³/mol. The molecule has 0 fully saturated rings. The Bertz CT molecular complexity index is 581. The molecule has 0 radical (unpaired) electrons. The molecule has 0 saturated carbocycles. The zero-order valence-electron chi connectivity index (χ0n) is 9.88. The van der Waals surface area contributed by atoms with Crippen LogP contribution in [0.25, 0.3) is 10.4 Å². The van der Waals surface area contributed by atoms with Crippen molar-refractivity contribution in [3.63, 3.8) is 0 Å². The standard InChI is InChI=1S/C12H10ClF3N2S/c1-17-5-7-2-3-8(9(13)4-7)10-6-18-11(19-10)12(14,15)16/h2-4,6,17H,5H2,1H3. The number of hydrogen-bond donors (Lipinski definition) is 1. The maximum absolute atomic E-state index is 12.5. The molecule has 1 aromatic carbocycles. The quantitative estimate of drug-likeness (QED) is 0.919. The number of aromatic nitrogens is 1. The van der Waals surface area contributed by atoms with E-state index in [0.717, 1.165) is 5.56 Å². The first kappa shape index (κ1) is 14.3. The lowest BCUT2D eigenvalue weighted by Crippen LogP contribution is -2.04. The fraction of sp³-hybridized carbons (Fsp3) is 0.250. The van der Waals surface area contributed by atoms with Gasteiger partial charge in [0.15, 0.2) is 5.01 Å². The number of nitrogens with one attached hydrogen (secondary N) is 1. The third kappa shape index (κ3) is 3.26. The Morgan fingerprint density at radius 3 is 2.63 bits per heavy atom. The van der Waals surface area contributed by atoms with Crippen LogP contribution in [0.2, 0.25) is 5.02 Å². The highest BCUT2D eigenvalue weighted by molar-refractivity contribution is 7.15. The third-order valence-corrected chi connectivity index (χ3v) is 3.82. The van der Waals surface area contributed by atoms with Crippen LogP contribution in [0.15, 0.2) is 24.4 Å². The molecule has 1 N–H and O–H groups in total. The number of thiazole rings is 1. The van der Waals surface area contributed by atoms with Gasteiger partial charge in [0.25, 0.3) is 0 Å². The molecule has 0 aliphatic heterocycles. The van der Waals surface area contributed by atoms with Gasteiger partial charge < -0.3 is 5.32 Å². The maximum Gasteiger partial charge on any atom is 0.443 e. The Morgan fingerprint density at radius 1 is 1.37 bits per heavy atom. The minimum Gasteiger partial charge on any atom is -0.316 e. The minimum absolute atomic E-state index is 0.410.